The van der Waals surface area contributed by atoms with Crippen LogP contribution in [0.1, 0.15) is 61.2 Å². The normalized spacial score (nSPS) is 13.2. The van der Waals surface area contributed by atoms with Gasteiger partial charge in [-0.15, -0.1) is 0 Å². The fourth-order valence-electron chi connectivity index (χ4n) is 12.5. The number of alkyl halides is 27. The minimum atomic E-state index is -5.60. The van der Waals surface area contributed by atoms with Gasteiger partial charge in [0.25, 0.3) is 0 Å². The summed E-state index contributed by atoms with van der Waals surface area (Å²) in [6, 6.07) is 19.6. The molecule has 102 heavy (non-hydrogen) atoms. The average Bonchev–Trinajstić information content (AvgIpc) is 1.55. The number of fused-ring (bicyclic) bond motifs is 6. The van der Waals surface area contributed by atoms with Gasteiger partial charge in [0, 0.05) is 32.7 Å². The molecule has 0 fully saturated rings. The van der Waals surface area contributed by atoms with Crippen LogP contribution in [-0.2, 0) is 55.6 Å². The van der Waals surface area contributed by atoms with E-state index >= 15 is 39.5 Å². The zero-order chi connectivity index (χ0) is 74.5. The van der Waals surface area contributed by atoms with Crippen molar-refractivity contribution in [3.63, 3.8) is 0 Å². The molecule has 0 N–H and O–H groups in total. The van der Waals surface area contributed by atoms with Crippen molar-refractivity contribution in [1.29, 1.82) is 10.5 Å². The Bertz CT molecular complexity index is 5270. The van der Waals surface area contributed by atoms with Gasteiger partial charge in [0.15, 0.2) is 0 Å². The molecule has 0 unspecified atom stereocenters. The lowest BCUT2D eigenvalue weighted by Crippen LogP contribution is -2.12. The van der Waals surface area contributed by atoms with E-state index in [2.05, 4.69) is 0 Å². The van der Waals surface area contributed by atoms with Crippen LogP contribution in [0.3, 0.4) is 0 Å². The van der Waals surface area contributed by atoms with Crippen molar-refractivity contribution < 1.29 is 119 Å². The van der Waals surface area contributed by atoms with Gasteiger partial charge in [-0.25, -0.2) is 0 Å². The fourth-order valence-corrected chi connectivity index (χ4v) is 12.5. The zero-order valence-electron chi connectivity index (χ0n) is 49.7. The molecule has 10 aromatic carbocycles. The molecule has 12 aromatic rings. The van der Waals surface area contributed by atoms with Gasteiger partial charge in [0.05, 0.1) is 107 Å². The number of aromatic nitrogens is 2. The molecule has 2 heterocycles. The van der Waals surface area contributed by atoms with E-state index in [1.165, 1.54) is 0 Å². The molecule has 0 amide bonds. The third kappa shape index (κ3) is 12.7. The fraction of sp³-hybridized carbons (Fsp3) is 0.127. The van der Waals surface area contributed by atoms with E-state index in [1.807, 2.05) is 0 Å². The van der Waals surface area contributed by atoms with Crippen LogP contribution in [0.15, 0.2) is 176 Å². The quantitative estimate of drug-likeness (QED) is 0.149. The van der Waals surface area contributed by atoms with Crippen LogP contribution in [0.5, 0.6) is 0 Å². The van der Waals surface area contributed by atoms with Gasteiger partial charge in [0.1, 0.15) is 0 Å². The smallest absolute Gasteiger partial charge is 0.307 e. The van der Waals surface area contributed by atoms with E-state index in [1.54, 1.807) is 12.1 Å². The highest BCUT2D eigenvalue weighted by Crippen LogP contribution is 2.52. The van der Waals surface area contributed by atoms with Crippen molar-refractivity contribution >= 4 is 43.6 Å². The van der Waals surface area contributed by atoms with Crippen LogP contribution in [0.2, 0.25) is 0 Å². The molecule has 4 nitrogen and oxygen atoms in total. The van der Waals surface area contributed by atoms with Gasteiger partial charge in [0.2, 0.25) is 0 Å². The Morgan fingerprint density at radius 1 is 0.235 bits per heavy atom. The molecule has 31 heteroatoms. The molecule has 12 rings (SSSR count). The number of hydrogen-bond acceptors (Lipinski definition) is 2. The van der Waals surface area contributed by atoms with Gasteiger partial charge >= 0.3 is 55.6 Å². The van der Waals surface area contributed by atoms with Gasteiger partial charge in [-0.05, 0) is 166 Å². The van der Waals surface area contributed by atoms with E-state index in [4.69, 9.17) is 0 Å². The Morgan fingerprint density at radius 2 is 0.500 bits per heavy atom. The minimum Gasteiger partial charge on any atom is -0.307 e. The van der Waals surface area contributed by atoms with Crippen molar-refractivity contribution in [2.24, 2.45) is 0 Å². The topological polar surface area (TPSA) is 57.4 Å². The highest BCUT2D eigenvalue weighted by molar-refractivity contribution is 6.14. The van der Waals surface area contributed by atoms with Crippen molar-refractivity contribution in [3.05, 3.63) is 237 Å². The summed E-state index contributed by atoms with van der Waals surface area (Å²) < 4.78 is 397. The summed E-state index contributed by atoms with van der Waals surface area (Å²) in [6.07, 6.45) is -49.4. The summed E-state index contributed by atoms with van der Waals surface area (Å²) in [6.45, 7) is 0. The Kier molecular flexibility index (Phi) is 16.5. The number of hydrogen-bond donors (Lipinski definition) is 0. The molecule has 2 aromatic heterocycles. The van der Waals surface area contributed by atoms with Crippen LogP contribution >= 0.6 is 0 Å². The predicted octanol–water partition coefficient (Wildman–Crippen LogP) is 25.1. The molecule has 0 aliphatic rings. The zero-order valence-corrected chi connectivity index (χ0v) is 49.7. The maximum absolute atomic E-state index is 15.4. The first-order valence-corrected chi connectivity index (χ1v) is 28.7. The molecule has 0 aliphatic heterocycles. The lowest BCUT2D eigenvalue weighted by Gasteiger charge is -2.22. The van der Waals surface area contributed by atoms with Gasteiger partial charge in [-0.1, -0.05) is 54.6 Å². The molecule has 522 valence electrons. The average molecular weight is 1450 g/mol. The molecule has 0 bridgehead atoms. The molecule has 0 aliphatic carbocycles. The number of nitrogens with zero attached hydrogens (tertiary/aromatic N) is 4. The van der Waals surface area contributed by atoms with E-state index in [9.17, 15) is 89.6 Å². The Morgan fingerprint density at radius 3 is 0.745 bits per heavy atom. The van der Waals surface area contributed by atoms with E-state index in [-0.39, 0.29) is 59.6 Å². The van der Waals surface area contributed by atoms with Crippen LogP contribution in [0, 0.1) is 22.7 Å². The summed E-state index contributed by atoms with van der Waals surface area (Å²) in [7, 11) is 0. The second-order valence-corrected chi connectivity index (χ2v) is 23.0. The molecule has 0 radical (unpaired) electrons. The van der Waals surface area contributed by atoms with Crippen LogP contribution in [0.4, 0.5) is 119 Å². The summed E-state index contributed by atoms with van der Waals surface area (Å²) in [5.74, 6) is 0. The molecule has 0 saturated heterocycles. The maximum Gasteiger partial charge on any atom is 0.417 e. The third-order valence-corrected chi connectivity index (χ3v) is 16.9. The summed E-state index contributed by atoms with van der Waals surface area (Å²) in [5.41, 5.74) is -29.0. The van der Waals surface area contributed by atoms with Crippen LogP contribution in [-0.4, -0.2) is 9.13 Å². The summed E-state index contributed by atoms with van der Waals surface area (Å²) in [4.78, 5) is 0. The summed E-state index contributed by atoms with van der Waals surface area (Å²) in [5, 5.41) is 19.9. The standard InChI is InChI=1S/C71H29F27N4/c72-63(73,74)38-8-12-42(52(25-38)68(87,88)89)32-4-16-56-47(20-32)48-21-33(43-13-9-39(64(75,76)77)26-53(43)69(90,91)92)5-17-57(48)101(56)60-24-37(31-100)46(62-36(30-99)2-1-3-51(62)67(84,85)86)29-61(60)102-58-18-6-34(44-14-10-40(65(78,79)80)27-54(44)70(93,94)95)22-49(58)50-23-35(7-19-59(50)102)45-15-11-41(66(81,82)83)28-55(45)71(96,97)98/h1-29H. The van der Waals surface area contributed by atoms with Crippen molar-refractivity contribution in [1.82, 2.24) is 9.13 Å². The number of halogens is 27. The lowest BCUT2D eigenvalue weighted by molar-refractivity contribution is -0.144. The predicted molar refractivity (Wildman–Crippen MR) is 317 cm³/mol. The van der Waals surface area contributed by atoms with E-state index in [0.717, 1.165) is 106 Å². The molecule has 0 spiro atoms. The lowest BCUT2D eigenvalue weighted by atomic mass is 9.90. The first-order valence-electron chi connectivity index (χ1n) is 28.7. The monoisotopic (exact) mass is 1450 g/mol. The SMILES string of the molecule is N#Cc1cc(-n2c3ccc(-c4ccc(C(F)(F)F)cc4C(F)(F)F)cc3c3cc(-c4ccc(C(F)(F)F)cc4C(F)(F)F)ccc32)c(-n2c3ccc(-c4ccc(C(F)(F)F)cc4C(F)(F)F)cc3c3cc(-c4ccc(C(F)(F)F)cc4C(F)(F)F)ccc32)cc1-c1c(C#N)cccc1C(F)(F)F. The largest absolute Gasteiger partial charge is 0.417 e. The number of benzene rings is 10. The highest BCUT2D eigenvalue weighted by Gasteiger charge is 2.44. The van der Waals surface area contributed by atoms with E-state index < -0.39 is 216 Å². The highest BCUT2D eigenvalue weighted by atomic mass is 19.4. The first kappa shape index (κ1) is 70.7. The number of rotatable bonds is 7. The first-order chi connectivity index (χ1) is 47.2. The Labute approximate surface area is 552 Å². The van der Waals surface area contributed by atoms with Crippen LogP contribution < -0.4 is 0 Å². The van der Waals surface area contributed by atoms with E-state index in [0.29, 0.717) is 30.3 Å². The van der Waals surface area contributed by atoms with Crippen molar-refractivity contribution in [2.75, 3.05) is 0 Å². The molecule has 0 atom stereocenters. The van der Waals surface area contributed by atoms with Crippen molar-refractivity contribution in [2.45, 2.75) is 55.6 Å². The van der Waals surface area contributed by atoms with Gasteiger partial charge in [-0.3, -0.25) is 0 Å². The maximum atomic E-state index is 15.4. The minimum absolute atomic E-state index is 0.245. The van der Waals surface area contributed by atoms with Crippen LogP contribution in [0.25, 0.3) is 111 Å². The second-order valence-electron chi connectivity index (χ2n) is 23.0. The number of nitriles is 2. The summed E-state index contributed by atoms with van der Waals surface area (Å²) >= 11 is 0. The third-order valence-electron chi connectivity index (χ3n) is 16.9. The van der Waals surface area contributed by atoms with Gasteiger partial charge in [-0.2, -0.15) is 129 Å². The Balaban J connectivity index is 1.27. The second kappa shape index (κ2) is 23.8. The van der Waals surface area contributed by atoms with Crippen molar-refractivity contribution in [3.8, 4) is 79.1 Å². The molecular weight excluding hydrogens is 1420 g/mol. The Hall–Kier alpha value is -11.1. The van der Waals surface area contributed by atoms with Gasteiger partial charge < -0.3 is 9.13 Å². The molecular formula is C71H29F27N4. The molecule has 0 saturated carbocycles.